The van der Waals surface area contributed by atoms with Gasteiger partial charge in [0.15, 0.2) is 6.10 Å². The van der Waals surface area contributed by atoms with Crippen LogP contribution < -0.4 is 20.3 Å². The second-order valence-electron chi connectivity index (χ2n) is 8.60. The van der Waals surface area contributed by atoms with Crippen molar-refractivity contribution < 1.29 is 23.8 Å². The molecular formula is C29H28N2O6. The average molecular weight is 501 g/mol. The fraction of sp³-hybridized carbons (Fsp3) is 0.207. The van der Waals surface area contributed by atoms with Crippen molar-refractivity contribution >= 4 is 28.3 Å². The lowest BCUT2D eigenvalue weighted by Gasteiger charge is -2.19. The Bertz CT molecular complexity index is 1540. The third-order valence-electron chi connectivity index (χ3n) is 6.16. The van der Waals surface area contributed by atoms with Gasteiger partial charge < -0.3 is 24.1 Å². The molecule has 1 heterocycles. The number of fused-ring (bicyclic) bond motifs is 1. The molecule has 190 valence electrons. The summed E-state index contributed by atoms with van der Waals surface area (Å²) in [6.07, 6.45) is -1.16. The highest BCUT2D eigenvalue weighted by Gasteiger charge is 2.27. The molecule has 1 unspecified atom stereocenters. The molecule has 8 heteroatoms. The molecule has 0 aliphatic rings. The number of aryl methyl sites for hydroxylation is 1. The van der Waals surface area contributed by atoms with E-state index in [4.69, 9.17) is 14.2 Å². The lowest BCUT2D eigenvalue weighted by molar-refractivity contribution is -0.123. The molecule has 0 saturated carbocycles. The van der Waals surface area contributed by atoms with E-state index in [1.807, 2.05) is 37.3 Å². The third kappa shape index (κ3) is 5.04. The van der Waals surface area contributed by atoms with Crippen LogP contribution in [0, 0.1) is 6.92 Å². The molecule has 0 fully saturated rings. The Hall–Kier alpha value is -4.59. The zero-order valence-electron chi connectivity index (χ0n) is 21.3. The molecule has 1 aromatic heterocycles. The van der Waals surface area contributed by atoms with Crippen LogP contribution in [0.4, 0.5) is 5.69 Å². The van der Waals surface area contributed by atoms with Gasteiger partial charge in [0.1, 0.15) is 17.2 Å². The molecule has 0 spiro atoms. The van der Waals surface area contributed by atoms with Gasteiger partial charge in [-0.05, 0) is 43.0 Å². The van der Waals surface area contributed by atoms with Gasteiger partial charge in [-0.2, -0.15) is 0 Å². The van der Waals surface area contributed by atoms with Crippen LogP contribution in [0.2, 0.25) is 0 Å². The van der Waals surface area contributed by atoms with E-state index in [1.54, 1.807) is 36.4 Å². The Morgan fingerprint density at radius 2 is 1.59 bits per heavy atom. The van der Waals surface area contributed by atoms with Gasteiger partial charge in [0.2, 0.25) is 0 Å². The molecule has 1 N–H and O–H groups in total. The van der Waals surface area contributed by atoms with E-state index in [0.29, 0.717) is 33.5 Å². The van der Waals surface area contributed by atoms with Gasteiger partial charge in [-0.15, -0.1) is 0 Å². The summed E-state index contributed by atoms with van der Waals surface area (Å²) in [5.41, 5.74) is 2.50. The minimum Gasteiger partial charge on any atom is -0.497 e. The van der Waals surface area contributed by atoms with Gasteiger partial charge in [0.25, 0.3) is 11.5 Å². The first kappa shape index (κ1) is 25.5. The van der Waals surface area contributed by atoms with Crippen LogP contribution in [0.5, 0.6) is 11.5 Å². The first-order chi connectivity index (χ1) is 17.7. The molecule has 37 heavy (non-hydrogen) atoms. The van der Waals surface area contributed by atoms with Crippen LogP contribution in [0.15, 0.2) is 71.5 Å². The van der Waals surface area contributed by atoms with Crippen molar-refractivity contribution in [3.8, 4) is 22.6 Å². The van der Waals surface area contributed by atoms with Crippen molar-refractivity contribution in [2.45, 2.75) is 20.0 Å². The Kier molecular flexibility index (Phi) is 7.29. The molecule has 3 aromatic carbocycles. The Morgan fingerprint density at radius 3 is 2.24 bits per heavy atom. The molecule has 8 nitrogen and oxygen atoms in total. The number of anilines is 1. The van der Waals surface area contributed by atoms with E-state index in [-0.39, 0.29) is 11.3 Å². The van der Waals surface area contributed by atoms with E-state index >= 15 is 0 Å². The molecule has 1 atom stereocenters. The molecule has 4 aromatic rings. The van der Waals surface area contributed by atoms with Crippen LogP contribution in [0.3, 0.4) is 0 Å². The standard InChI is InChI=1S/C29H28N2O6/c1-17-10-12-19(13-11-17)25-21-8-6-7-9-22(21)28(33)31(3)26(25)29(34)37-18(2)27(32)30-23-15-14-20(35-4)16-24(23)36-5/h6-16,18H,1-5H3,(H,30,32). The summed E-state index contributed by atoms with van der Waals surface area (Å²) in [6.45, 7) is 3.43. The fourth-order valence-corrected chi connectivity index (χ4v) is 4.12. The summed E-state index contributed by atoms with van der Waals surface area (Å²) in [5, 5.41) is 3.82. The SMILES string of the molecule is COc1ccc(NC(=O)C(C)OC(=O)c2c(-c3ccc(C)cc3)c3ccccc3c(=O)n2C)c(OC)c1. The van der Waals surface area contributed by atoms with E-state index < -0.39 is 18.0 Å². The summed E-state index contributed by atoms with van der Waals surface area (Å²) in [7, 11) is 4.52. The van der Waals surface area contributed by atoms with Gasteiger partial charge in [-0.25, -0.2) is 4.79 Å². The maximum Gasteiger partial charge on any atom is 0.356 e. The number of carbonyl (C=O) groups excluding carboxylic acids is 2. The van der Waals surface area contributed by atoms with Crippen molar-refractivity contribution in [1.29, 1.82) is 0 Å². The highest BCUT2D eigenvalue weighted by atomic mass is 16.5. The molecule has 1 amide bonds. The number of rotatable bonds is 7. The number of amides is 1. The van der Waals surface area contributed by atoms with Gasteiger partial charge in [-0.1, -0.05) is 48.0 Å². The van der Waals surface area contributed by atoms with Crippen molar-refractivity contribution in [3.05, 3.63) is 88.3 Å². The predicted molar refractivity (Wildman–Crippen MR) is 142 cm³/mol. The van der Waals surface area contributed by atoms with E-state index in [1.165, 1.54) is 32.8 Å². The minimum atomic E-state index is -1.16. The Balaban J connectivity index is 1.70. The van der Waals surface area contributed by atoms with Crippen molar-refractivity contribution in [3.63, 3.8) is 0 Å². The Labute approximate surface area is 214 Å². The number of ether oxygens (including phenoxy) is 3. The molecule has 0 radical (unpaired) electrons. The molecule has 0 aliphatic heterocycles. The third-order valence-corrected chi connectivity index (χ3v) is 6.16. The first-order valence-electron chi connectivity index (χ1n) is 11.7. The lowest BCUT2D eigenvalue weighted by atomic mass is 9.96. The van der Waals surface area contributed by atoms with Crippen molar-refractivity contribution in [2.75, 3.05) is 19.5 Å². The summed E-state index contributed by atoms with van der Waals surface area (Å²) in [4.78, 5) is 39.5. The van der Waals surface area contributed by atoms with E-state index in [9.17, 15) is 14.4 Å². The van der Waals surface area contributed by atoms with Gasteiger partial charge in [0, 0.05) is 24.1 Å². The van der Waals surface area contributed by atoms with Crippen LogP contribution in [-0.4, -0.2) is 36.8 Å². The number of hydrogen-bond donors (Lipinski definition) is 1. The number of pyridine rings is 1. The maximum atomic E-state index is 13.5. The number of methoxy groups -OCH3 is 2. The van der Waals surface area contributed by atoms with Crippen LogP contribution >= 0.6 is 0 Å². The lowest BCUT2D eigenvalue weighted by Crippen LogP contribution is -2.33. The van der Waals surface area contributed by atoms with Gasteiger partial charge in [0.05, 0.1) is 19.9 Å². The number of nitrogens with zero attached hydrogens (tertiary/aromatic N) is 1. The average Bonchev–Trinajstić information content (AvgIpc) is 2.91. The summed E-state index contributed by atoms with van der Waals surface area (Å²) in [6, 6.07) is 19.7. The topological polar surface area (TPSA) is 95.9 Å². The van der Waals surface area contributed by atoms with Crippen molar-refractivity contribution in [1.82, 2.24) is 4.57 Å². The molecule has 4 rings (SSSR count). The summed E-state index contributed by atoms with van der Waals surface area (Å²) >= 11 is 0. The quantitative estimate of drug-likeness (QED) is 0.369. The summed E-state index contributed by atoms with van der Waals surface area (Å²) < 4.78 is 17.4. The van der Waals surface area contributed by atoms with Gasteiger partial charge in [-0.3, -0.25) is 9.59 Å². The minimum absolute atomic E-state index is 0.0641. The van der Waals surface area contributed by atoms with Gasteiger partial charge >= 0.3 is 5.97 Å². The van der Waals surface area contributed by atoms with Crippen molar-refractivity contribution in [2.24, 2.45) is 7.05 Å². The highest BCUT2D eigenvalue weighted by molar-refractivity contribution is 6.07. The highest BCUT2D eigenvalue weighted by Crippen LogP contribution is 2.32. The fourth-order valence-electron chi connectivity index (χ4n) is 4.12. The number of nitrogens with one attached hydrogen (secondary N) is 1. The molecule has 0 aliphatic carbocycles. The second-order valence-corrected chi connectivity index (χ2v) is 8.60. The normalized spacial score (nSPS) is 11.6. The molecule has 0 bridgehead atoms. The number of benzene rings is 3. The maximum absolute atomic E-state index is 13.5. The number of carbonyl (C=O) groups is 2. The zero-order chi connectivity index (χ0) is 26.7. The number of hydrogen-bond acceptors (Lipinski definition) is 6. The second kappa shape index (κ2) is 10.6. The molecular weight excluding hydrogens is 472 g/mol. The van der Waals surface area contributed by atoms with E-state index in [2.05, 4.69) is 5.32 Å². The smallest absolute Gasteiger partial charge is 0.356 e. The number of esters is 1. The number of aromatic nitrogens is 1. The first-order valence-corrected chi connectivity index (χ1v) is 11.7. The zero-order valence-corrected chi connectivity index (χ0v) is 21.3. The summed E-state index contributed by atoms with van der Waals surface area (Å²) in [5.74, 6) is -0.384. The van der Waals surface area contributed by atoms with Crippen LogP contribution in [0.1, 0.15) is 23.0 Å². The molecule has 0 saturated heterocycles. The predicted octanol–water partition coefficient (Wildman–Crippen LogP) is 4.72. The van der Waals surface area contributed by atoms with Crippen LogP contribution in [0.25, 0.3) is 21.9 Å². The van der Waals surface area contributed by atoms with E-state index in [0.717, 1.165) is 11.1 Å². The van der Waals surface area contributed by atoms with Crippen LogP contribution in [-0.2, 0) is 16.6 Å². The Morgan fingerprint density at radius 1 is 0.919 bits per heavy atom. The monoisotopic (exact) mass is 500 g/mol. The largest absolute Gasteiger partial charge is 0.497 e.